The molecule has 1 aliphatic rings. The predicted molar refractivity (Wildman–Crippen MR) is 85.7 cm³/mol. The van der Waals surface area contributed by atoms with E-state index in [-0.39, 0.29) is 0 Å². The number of aliphatic hydroxyl groups excluding tert-OH is 1. The molecule has 2 rings (SSSR count). The fourth-order valence-electron chi connectivity index (χ4n) is 2.13. The highest BCUT2D eigenvalue weighted by molar-refractivity contribution is 8.00. The molecule has 4 heteroatoms. The molecule has 0 bridgehead atoms. The van der Waals surface area contributed by atoms with Crippen LogP contribution in [0.2, 0.25) is 0 Å². The topological polar surface area (TPSA) is 41.5 Å². The standard InChI is InChI=1S/C16H25NO2S/c1-3-13-4-6-15(7-5-13)19-11-14(18)10-17-12-16(20-2)8-9-16/h4-7,14,17-18H,3,8-12H2,1-2H3. The number of aliphatic hydroxyl groups is 1. The molecule has 1 fully saturated rings. The van der Waals surface area contributed by atoms with Crippen molar-refractivity contribution >= 4 is 11.8 Å². The Hall–Kier alpha value is -0.710. The number of rotatable bonds is 9. The summed E-state index contributed by atoms with van der Waals surface area (Å²) in [5.74, 6) is 0.823. The summed E-state index contributed by atoms with van der Waals surface area (Å²) in [5.41, 5.74) is 1.30. The van der Waals surface area contributed by atoms with Crippen LogP contribution in [-0.2, 0) is 6.42 Å². The lowest BCUT2D eigenvalue weighted by Crippen LogP contribution is -2.35. The van der Waals surface area contributed by atoms with Crippen molar-refractivity contribution in [1.82, 2.24) is 5.32 Å². The third kappa shape index (κ3) is 4.69. The van der Waals surface area contributed by atoms with Crippen LogP contribution >= 0.6 is 11.8 Å². The van der Waals surface area contributed by atoms with Gasteiger partial charge in [-0.15, -0.1) is 0 Å². The van der Waals surface area contributed by atoms with Gasteiger partial charge in [-0.3, -0.25) is 0 Å². The van der Waals surface area contributed by atoms with Gasteiger partial charge in [0.1, 0.15) is 18.5 Å². The van der Waals surface area contributed by atoms with Gasteiger partial charge >= 0.3 is 0 Å². The van der Waals surface area contributed by atoms with Gasteiger partial charge < -0.3 is 15.2 Å². The number of ether oxygens (including phenoxy) is 1. The van der Waals surface area contributed by atoms with Gasteiger partial charge in [-0.25, -0.2) is 0 Å². The first-order valence-corrected chi connectivity index (χ1v) is 8.55. The predicted octanol–water partition coefficient (Wildman–Crippen LogP) is 2.47. The fraction of sp³-hybridized carbons (Fsp3) is 0.625. The van der Waals surface area contributed by atoms with E-state index < -0.39 is 6.10 Å². The highest BCUT2D eigenvalue weighted by atomic mass is 32.2. The van der Waals surface area contributed by atoms with Gasteiger partial charge in [-0.05, 0) is 43.2 Å². The van der Waals surface area contributed by atoms with Gasteiger partial charge in [0.05, 0.1) is 0 Å². The molecule has 1 aliphatic carbocycles. The maximum atomic E-state index is 9.91. The number of thioether (sulfide) groups is 1. The third-order valence-electron chi connectivity index (χ3n) is 3.84. The average molecular weight is 295 g/mol. The number of nitrogens with one attached hydrogen (secondary N) is 1. The molecule has 3 nitrogen and oxygen atoms in total. The van der Waals surface area contributed by atoms with Crippen LogP contribution in [0.15, 0.2) is 24.3 Å². The van der Waals surface area contributed by atoms with Crippen LogP contribution < -0.4 is 10.1 Å². The Morgan fingerprint density at radius 2 is 2.05 bits per heavy atom. The lowest BCUT2D eigenvalue weighted by Gasteiger charge is -2.16. The molecule has 20 heavy (non-hydrogen) atoms. The molecule has 1 aromatic rings. The highest BCUT2D eigenvalue weighted by Crippen LogP contribution is 2.46. The lowest BCUT2D eigenvalue weighted by molar-refractivity contribution is 0.106. The quantitative estimate of drug-likeness (QED) is 0.734. The van der Waals surface area contributed by atoms with Crippen LogP contribution in [0.3, 0.4) is 0 Å². The Bertz CT molecular complexity index is 403. The summed E-state index contributed by atoms with van der Waals surface area (Å²) in [4.78, 5) is 0. The second-order valence-electron chi connectivity index (χ2n) is 5.48. The molecule has 0 aliphatic heterocycles. The first-order chi connectivity index (χ1) is 9.67. The third-order valence-corrected chi connectivity index (χ3v) is 5.26. The van der Waals surface area contributed by atoms with E-state index in [1.54, 1.807) is 0 Å². The van der Waals surface area contributed by atoms with Gasteiger partial charge in [-0.2, -0.15) is 11.8 Å². The first-order valence-electron chi connectivity index (χ1n) is 7.33. The Labute approximate surface area is 126 Å². The van der Waals surface area contributed by atoms with Crippen molar-refractivity contribution in [2.45, 2.75) is 37.0 Å². The van der Waals surface area contributed by atoms with Gasteiger partial charge in [0.2, 0.25) is 0 Å². The average Bonchev–Trinajstić information content (AvgIpc) is 3.26. The number of hydrogen-bond acceptors (Lipinski definition) is 4. The largest absolute Gasteiger partial charge is 0.491 e. The van der Waals surface area contributed by atoms with Crippen LogP contribution in [0, 0.1) is 0 Å². The minimum Gasteiger partial charge on any atom is -0.491 e. The molecule has 2 N–H and O–H groups in total. The van der Waals surface area contributed by atoms with Gasteiger partial charge in [0.25, 0.3) is 0 Å². The highest BCUT2D eigenvalue weighted by Gasteiger charge is 2.41. The number of benzene rings is 1. The van der Waals surface area contributed by atoms with Crippen LogP contribution in [0.5, 0.6) is 5.75 Å². The molecule has 1 saturated carbocycles. The first kappa shape index (κ1) is 15.7. The van der Waals surface area contributed by atoms with Crippen molar-refractivity contribution in [3.05, 3.63) is 29.8 Å². The molecule has 0 saturated heterocycles. The summed E-state index contributed by atoms with van der Waals surface area (Å²) in [6, 6.07) is 8.06. The summed E-state index contributed by atoms with van der Waals surface area (Å²) >= 11 is 1.93. The smallest absolute Gasteiger partial charge is 0.119 e. The summed E-state index contributed by atoms with van der Waals surface area (Å²) in [7, 11) is 0. The molecule has 0 spiro atoms. The van der Waals surface area contributed by atoms with Crippen LogP contribution in [-0.4, -0.2) is 41.9 Å². The Kier molecular flexibility index (Phi) is 5.75. The molecule has 0 radical (unpaired) electrons. The maximum absolute atomic E-state index is 9.91. The second-order valence-corrected chi connectivity index (χ2v) is 6.75. The molecule has 112 valence electrons. The van der Waals surface area contributed by atoms with Crippen molar-refractivity contribution in [3.63, 3.8) is 0 Å². The zero-order valence-electron chi connectivity index (χ0n) is 12.4. The van der Waals surface area contributed by atoms with E-state index >= 15 is 0 Å². The summed E-state index contributed by atoms with van der Waals surface area (Å²) < 4.78 is 6.04. The van der Waals surface area contributed by atoms with Gasteiger partial charge in [0.15, 0.2) is 0 Å². The lowest BCUT2D eigenvalue weighted by atomic mass is 10.2. The van der Waals surface area contributed by atoms with Crippen LogP contribution in [0.1, 0.15) is 25.3 Å². The number of aryl methyl sites for hydroxylation is 1. The minimum absolute atomic E-state index is 0.338. The molecular formula is C16H25NO2S. The van der Waals surface area contributed by atoms with E-state index in [4.69, 9.17) is 4.74 Å². The molecular weight excluding hydrogens is 270 g/mol. The normalized spacial score (nSPS) is 17.8. The van der Waals surface area contributed by atoms with Crippen molar-refractivity contribution in [2.24, 2.45) is 0 Å². The monoisotopic (exact) mass is 295 g/mol. The fourth-order valence-corrected chi connectivity index (χ4v) is 2.89. The van der Waals surface area contributed by atoms with Crippen LogP contribution in [0.4, 0.5) is 0 Å². The molecule has 1 atom stereocenters. The minimum atomic E-state index is -0.460. The summed E-state index contributed by atoms with van der Waals surface area (Å²) in [6.07, 6.45) is 5.31. The van der Waals surface area contributed by atoms with Crippen LogP contribution in [0.25, 0.3) is 0 Å². The molecule has 0 amide bonds. The zero-order valence-corrected chi connectivity index (χ0v) is 13.2. The molecule has 0 aromatic heterocycles. The molecule has 1 aromatic carbocycles. The Morgan fingerprint density at radius 1 is 1.35 bits per heavy atom. The SMILES string of the molecule is CCc1ccc(OCC(O)CNCC2(SC)CC2)cc1. The van der Waals surface area contributed by atoms with E-state index in [1.807, 2.05) is 23.9 Å². The zero-order chi connectivity index (χ0) is 14.4. The van der Waals surface area contributed by atoms with Gasteiger partial charge in [0, 0.05) is 17.8 Å². The van der Waals surface area contributed by atoms with Crippen molar-refractivity contribution < 1.29 is 9.84 Å². The summed E-state index contributed by atoms with van der Waals surface area (Å²) in [6.45, 7) is 4.04. The second kappa shape index (κ2) is 7.34. The summed E-state index contributed by atoms with van der Waals surface area (Å²) in [5, 5.41) is 13.2. The Morgan fingerprint density at radius 3 is 2.60 bits per heavy atom. The molecule has 1 unspecified atom stereocenters. The van der Waals surface area contributed by atoms with Crippen molar-refractivity contribution in [3.8, 4) is 5.75 Å². The molecule has 0 heterocycles. The maximum Gasteiger partial charge on any atom is 0.119 e. The van der Waals surface area contributed by atoms with E-state index in [2.05, 4.69) is 30.6 Å². The van der Waals surface area contributed by atoms with Gasteiger partial charge in [-0.1, -0.05) is 19.1 Å². The Balaban J connectivity index is 1.62. The van der Waals surface area contributed by atoms with E-state index in [9.17, 15) is 5.11 Å². The van der Waals surface area contributed by atoms with E-state index in [1.165, 1.54) is 18.4 Å². The number of hydrogen-bond donors (Lipinski definition) is 2. The van der Waals surface area contributed by atoms with Crippen molar-refractivity contribution in [2.75, 3.05) is 26.0 Å². The van der Waals surface area contributed by atoms with E-state index in [0.29, 0.717) is 17.9 Å². The van der Waals surface area contributed by atoms with E-state index in [0.717, 1.165) is 18.7 Å². The van der Waals surface area contributed by atoms with Crippen molar-refractivity contribution in [1.29, 1.82) is 0 Å².